The Morgan fingerprint density at radius 1 is 1.60 bits per heavy atom. The molecule has 0 heterocycles. The van der Waals surface area contributed by atoms with Gasteiger partial charge in [0.15, 0.2) is 0 Å². The van der Waals surface area contributed by atoms with Gasteiger partial charge in [-0.2, -0.15) is 0 Å². The van der Waals surface area contributed by atoms with Crippen LogP contribution in [0.2, 0.25) is 0 Å². The molecule has 0 aromatic rings. The smallest absolute Gasteiger partial charge is 0.450 e. The molecular formula is CH3LaO3+. The molecule has 0 rings (SSSR count). The molecule has 0 aromatic heterocycles. The fourth-order valence-corrected chi connectivity index (χ4v) is 0. The van der Waals surface area contributed by atoms with Crippen molar-refractivity contribution < 1.29 is 52.0 Å². The summed E-state index contributed by atoms with van der Waals surface area (Å²) < 4.78 is 0. The Hall–Kier alpha value is 0.465. The Bertz CT molecular complexity index is 33.8. The van der Waals surface area contributed by atoms with Gasteiger partial charge in [0.05, 0.1) is 0 Å². The molecule has 0 aliphatic heterocycles. The third-order valence-electron chi connectivity index (χ3n) is 0. The minimum absolute atomic E-state index is 0. The molecule has 0 aliphatic rings. The van der Waals surface area contributed by atoms with Crippen LogP contribution in [0.4, 0.5) is 4.79 Å². The summed E-state index contributed by atoms with van der Waals surface area (Å²) >= 11 is 0. The Balaban J connectivity index is -0.0000000450. The van der Waals surface area contributed by atoms with Crippen LogP contribution in [-0.4, -0.2) is 16.4 Å². The second-order valence-corrected chi connectivity index (χ2v) is 0.283. The molecule has 0 saturated carbocycles. The normalized spacial score (nSPS) is 4.80. The molecule has 4 heteroatoms. The topological polar surface area (TPSA) is 57.5 Å². The third kappa shape index (κ3) is 126. The molecule has 0 saturated heterocycles. The van der Waals surface area contributed by atoms with Crippen molar-refractivity contribution in [3.8, 4) is 0 Å². The minimum Gasteiger partial charge on any atom is -0.450 e. The first-order valence-electron chi connectivity index (χ1n) is 0.651. The second kappa shape index (κ2) is 4.46. The van der Waals surface area contributed by atoms with E-state index >= 15 is 0 Å². The molecule has 0 aliphatic carbocycles. The van der Waals surface area contributed by atoms with Crippen LogP contribution in [0.15, 0.2) is 0 Å². The number of hydrogen-bond donors (Lipinski definition) is 2. The number of carboxylic acid groups (broad SMARTS) is 2. The SMILES string of the molecule is O=C(O)O.[H+].[La]. The van der Waals surface area contributed by atoms with Gasteiger partial charge in [0, 0.05) is 35.6 Å². The molecule has 0 unspecified atom stereocenters. The Morgan fingerprint density at radius 3 is 1.60 bits per heavy atom. The quantitative estimate of drug-likeness (QED) is 0.595. The number of rotatable bonds is 0. The summed E-state index contributed by atoms with van der Waals surface area (Å²) in [6.07, 6.45) is -1.83. The molecule has 2 N–H and O–H groups in total. The van der Waals surface area contributed by atoms with Crippen molar-refractivity contribution in [2.45, 2.75) is 0 Å². The van der Waals surface area contributed by atoms with Crippen molar-refractivity contribution in [2.75, 3.05) is 0 Å². The van der Waals surface area contributed by atoms with Crippen LogP contribution in [0, 0.1) is 35.6 Å². The standard InChI is InChI=1S/CH2O3.La/c2-1(3)4;/h(H2,2,3,4);/p+1. The van der Waals surface area contributed by atoms with Crippen molar-refractivity contribution >= 4 is 6.16 Å². The first-order chi connectivity index (χ1) is 1.73. The molecule has 3 nitrogen and oxygen atoms in total. The van der Waals surface area contributed by atoms with Crippen molar-refractivity contribution in [2.24, 2.45) is 0 Å². The van der Waals surface area contributed by atoms with E-state index in [0.717, 1.165) is 0 Å². The van der Waals surface area contributed by atoms with E-state index in [9.17, 15) is 0 Å². The molecule has 0 atom stereocenters. The predicted octanol–water partition coefficient (Wildman–Crippen LogP) is 0.335. The first-order valence-corrected chi connectivity index (χ1v) is 0.651. The first kappa shape index (κ1) is 9.07. The van der Waals surface area contributed by atoms with Crippen LogP contribution in [0.25, 0.3) is 0 Å². The maximum Gasteiger partial charge on any atom is 1.00 e. The Labute approximate surface area is 58.1 Å². The Kier molecular flexibility index (Phi) is 8.10. The largest absolute Gasteiger partial charge is 1.00 e. The molecule has 0 amide bonds. The van der Waals surface area contributed by atoms with E-state index in [1.165, 1.54) is 0 Å². The van der Waals surface area contributed by atoms with Crippen LogP contribution in [0.5, 0.6) is 0 Å². The zero-order chi connectivity index (χ0) is 3.58. The van der Waals surface area contributed by atoms with Crippen molar-refractivity contribution in [3.05, 3.63) is 0 Å². The summed E-state index contributed by atoms with van der Waals surface area (Å²) in [4.78, 5) is 8.56. The van der Waals surface area contributed by atoms with E-state index in [1.54, 1.807) is 0 Å². The van der Waals surface area contributed by atoms with Crippen LogP contribution < -0.4 is 0 Å². The van der Waals surface area contributed by atoms with Gasteiger partial charge in [-0.05, 0) is 0 Å². The average Bonchev–Trinajstić information content (AvgIpc) is 0.811. The molecule has 1 radical (unpaired) electrons. The van der Waals surface area contributed by atoms with Crippen LogP contribution in [0.1, 0.15) is 1.43 Å². The van der Waals surface area contributed by atoms with Gasteiger partial charge in [-0.25, -0.2) is 4.79 Å². The van der Waals surface area contributed by atoms with Crippen molar-refractivity contribution in [3.63, 3.8) is 0 Å². The molecule has 0 fully saturated rings. The van der Waals surface area contributed by atoms with E-state index < -0.39 is 6.16 Å². The fourth-order valence-electron chi connectivity index (χ4n) is 0. The minimum atomic E-state index is -1.83. The van der Waals surface area contributed by atoms with Gasteiger partial charge in [0.1, 0.15) is 0 Å². The van der Waals surface area contributed by atoms with Gasteiger partial charge in [-0.15, -0.1) is 0 Å². The monoisotopic (exact) mass is 202 g/mol. The van der Waals surface area contributed by atoms with Crippen LogP contribution in [-0.2, 0) is 0 Å². The van der Waals surface area contributed by atoms with Gasteiger partial charge < -0.3 is 10.2 Å². The Morgan fingerprint density at radius 2 is 1.60 bits per heavy atom. The van der Waals surface area contributed by atoms with Crippen molar-refractivity contribution in [1.82, 2.24) is 0 Å². The molecule has 0 bridgehead atoms. The van der Waals surface area contributed by atoms with E-state index in [2.05, 4.69) is 0 Å². The van der Waals surface area contributed by atoms with Gasteiger partial charge in [-0.3, -0.25) is 0 Å². The summed E-state index contributed by atoms with van der Waals surface area (Å²) in [5.41, 5.74) is 0. The van der Waals surface area contributed by atoms with E-state index in [0.29, 0.717) is 0 Å². The summed E-state index contributed by atoms with van der Waals surface area (Å²) in [6.45, 7) is 0. The van der Waals surface area contributed by atoms with E-state index in [-0.39, 0.29) is 37.0 Å². The zero-order valence-electron chi connectivity index (χ0n) is 3.38. The summed E-state index contributed by atoms with van der Waals surface area (Å²) in [6, 6.07) is 0. The van der Waals surface area contributed by atoms with Gasteiger partial charge >= 0.3 is 7.58 Å². The van der Waals surface area contributed by atoms with Crippen LogP contribution >= 0.6 is 0 Å². The van der Waals surface area contributed by atoms with E-state index in [4.69, 9.17) is 15.0 Å². The van der Waals surface area contributed by atoms with Crippen molar-refractivity contribution in [1.29, 1.82) is 0 Å². The molecule has 0 aromatic carbocycles. The average molecular weight is 202 g/mol. The molecule has 27 valence electrons. The van der Waals surface area contributed by atoms with Crippen LogP contribution in [0.3, 0.4) is 0 Å². The zero-order valence-corrected chi connectivity index (χ0v) is 6.01. The molecule has 0 spiro atoms. The second-order valence-electron chi connectivity index (χ2n) is 0.283. The fraction of sp³-hybridized carbons (Fsp3) is 0. The number of carbonyl (C=O) groups is 1. The summed E-state index contributed by atoms with van der Waals surface area (Å²) in [5.74, 6) is 0. The summed E-state index contributed by atoms with van der Waals surface area (Å²) in [5, 5.41) is 13.9. The maximum atomic E-state index is 8.56. The maximum absolute atomic E-state index is 8.56. The van der Waals surface area contributed by atoms with Gasteiger partial charge in [0.25, 0.3) is 0 Å². The predicted molar refractivity (Wildman–Crippen MR) is 11.8 cm³/mol. The van der Waals surface area contributed by atoms with E-state index in [1.807, 2.05) is 0 Å². The number of hydrogen-bond acceptors (Lipinski definition) is 1. The van der Waals surface area contributed by atoms with Gasteiger partial charge in [0.2, 0.25) is 0 Å². The summed E-state index contributed by atoms with van der Waals surface area (Å²) in [7, 11) is 0. The molecule has 5 heavy (non-hydrogen) atoms. The molecular weight excluding hydrogens is 199 g/mol. The van der Waals surface area contributed by atoms with Gasteiger partial charge in [-0.1, -0.05) is 0 Å². The third-order valence-corrected chi connectivity index (χ3v) is 0.